The normalized spacial score (nSPS) is 22.6. The largest absolute Gasteiger partial charge is 0.476 e. The van der Waals surface area contributed by atoms with E-state index in [0.29, 0.717) is 6.54 Å². The zero-order valence-electron chi connectivity index (χ0n) is 19.7. The quantitative estimate of drug-likeness (QED) is 0.537. The Kier molecular flexibility index (Phi) is 6.78. The first kappa shape index (κ1) is 23.1. The van der Waals surface area contributed by atoms with Crippen molar-refractivity contribution in [2.75, 3.05) is 18.0 Å². The molecule has 10 nitrogen and oxygen atoms in total. The smallest absolute Gasteiger partial charge is 0.356 e. The Bertz CT molecular complexity index is 1150. The topological polar surface area (TPSA) is 118 Å². The molecule has 1 aliphatic carbocycles. The molecule has 2 N–H and O–H groups in total. The van der Waals surface area contributed by atoms with Crippen LogP contribution in [0.15, 0.2) is 48.8 Å². The fraction of sp³-hybridized carbons (Fsp3) is 0.480. The second kappa shape index (κ2) is 10.3. The molecule has 184 valence electrons. The van der Waals surface area contributed by atoms with Crippen molar-refractivity contribution in [1.29, 1.82) is 0 Å². The van der Waals surface area contributed by atoms with Crippen LogP contribution in [0.2, 0.25) is 0 Å². The van der Waals surface area contributed by atoms with Gasteiger partial charge >= 0.3 is 5.97 Å². The number of nitrogens with one attached hydrogen (secondary N) is 1. The number of amides is 1. The maximum atomic E-state index is 13.0. The predicted octanol–water partition coefficient (Wildman–Crippen LogP) is 2.74. The van der Waals surface area contributed by atoms with Gasteiger partial charge in [-0.2, -0.15) is 5.10 Å². The Labute approximate surface area is 203 Å². The van der Waals surface area contributed by atoms with Gasteiger partial charge in [0.25, 0.3) is 0 Å². The molecule has 2 fully saturated rings. The number of carboxylic acid groups (broad SMARTS) is 1. The van der Waals surface area contributed by atoms with E-state index in [-0.39, 0.29) is 29.6 Å². The van der Waals surface area contributed by atoms with Crippen molar-refractivity contribution in [1.82, 2.24) is 30.1 Å². The van der Waals surface area contributed by atoms with Gasteiger partial charge < -0.3 is 15.3 Å². The number of hydrogen-bond donors (Lipinski definition) is 2. The van der Waals surface area contributed by atoms with Crippen molar-refractivity contribution in [2.45, 2.75) is 57.2 Å². The lowest BCUT2D eigenvalue weighted by Crippen LogP contribution is -2.49. The summed E-state index contributed by atoms with van der Waals surface area (Å²) in [6.07, 6.45) is 9.06. The van der Waals surface area contributed by atoms with Gasteiger partial charge in [-0.3, -0.25) is 9.48 Å². The van der Waals surface area contributed by atoms with Gasteiger partial charge in [-0.15, -0.1) is 5.10 Å². The fourth-order valence-electron chi connectivity index (χ4n) is 5.18. The first-order valence-corrected chi connectivity index (χ1v) is 12.3. The maximum Gasteiger partial charge on any atom is 0.356 e. The number of para-hydroxylation sites is 1. The number of nitrogens with zero attached hydrogens (tertiary/aromatic N) is 6. The summed E-state index contributed by atoms with van der Waals surface area (Å²) in [5.41, 5.74) is 1.95. The van der Waals surface area contributed by atoms with Gasteiger partial charge in [0.1, 0.15) is 5.69 Å². The van der Waals surface area contributed by atoms with Crippen LogP contribution < -0.4 is 10.2 Å². The molecule has 3 heterocycles. The van der Waals surface area contributed by atoms with Crippen molar-refractivity contribution in [2.24, 2.45) is 5.92 Å². The van der Waals surface area contributed by atoms with Crippen molar-refractivity contribution < 1.29 is 14.7 Å². The number of benzene rings is 1. The minimum Gasteiger partial charge on any atom is -0.476 e. The van der Waals surface area contributed by atoms with Gasteiger partial charge in [-0.1, -0.05) is 23.4 Å². The molecule has 1 unspecified atom stereocenters. The maximum absolute atomic E-state index is 13.0. The second-order valence-electron chi connectivity index (χ2n) is 9.53. The van der Waals surface area contributed by atoms with Gasteiger partial charge in [0.15, 0.2) is 5.69 Å². The number of carbonyl (C=O) groups is 2. The Morgan fingerprint density at radius 2 is 1.86 bits per heavy atom. The van der Waals surface area contributed by atoms with Gasteiger partial charge in [-0.25, -0.2) is 9.48 Å². The van der Waals surface area contributed by atoms with Crippen LogP contribution in [-0.2, 0) is 11.3 Å². The molecule has 1 saturated carbocycles. The van der Waals surface area contributed by atoms with Gasteiger partial charge in [0.05, 0.1) is 18.8 Å². The van der Waals surface area contributed by atoms with E-state index in [4.69, 9.17) is 5.11 Å². The van der Waals surface area contributed by atoms with E-state index in [9.17, 15) is 9.59 Å². The highest BCUT2D eigenvalue weighted by Gasteiger charge is 2.30. The van der Waals surface area contributed by atoms with Gasteiger partial charge in [-0.05, 0) is 56.7 Å². The standard InChI is InChI=1S/C25H31N7O3/c33-24(26-19-5-4-13-30(15-19)21-6-2-1-3-7-21)18-8-10-22(11-9-18)32-17-20(27-29-32)16-31-14-12-23(28-31)25(34)35/h1-3,6-7,12,14,17-19,22H,4-5,8-11,13,15-16H2,(H,26,33)(H,34,35). The van der Waals surface area contributed by atoms with Crippen molar-refractivity contribution in [3.8, 4) is 0 Å². The highest BCUT2D eigenvalue weighted by Crippen LogP contribution is 2.32. The molecule has 1 aliphatic heterocycles. The molecule has 10 heteroatoms. The van der Waals surface area contributed by atoms with E-state index < -0.39 is 5.97 Å². The Balaban J connectivity index is 1.10. The van der Waals surface area contributed by atoms with Crippen molar-refractivity contribution >= 4 is 17.6 Å². The lowest BCUT2D eigenvalue weighted by atomic mass is 9.85. The molecule has 0 bridgehead atoms. The number of anilines is 1. The molecule has 1 aromatic carbocycles. The summed E-state index contributed by atoms with van der Waals surface area (Å²) in [6.45, 7) is 2.26. The molecule has 1 amide bonds. The molecule has 0 radical (unpaired) electrons. The summed E-state index contributed by atoms with van der Waals surface area (Å²) >= 11 is 0. The number of carboxylic acids is 1. The second-order valence-corrected chi connectivity index (χ2v) is 9.53. The minimum atomic E-state index is -1.05. The van der Waals surface area contributed by atoms with E-state index in [1.54, 1.807) is 10.9 Å². The summed E-state index contributed by atoms with van der Waals surface area (Å²) in [5, 5.41) is 24.9. The highest BCUT2D eigenvalue weighted by molar-refractivity contribution is 5.85. The average molecular weight is 478 g/mol. The molecule has 5 rings (SSSR count). The Hall–Kier alpha value is -3.69. The monoisotopic (exact) mass is 477 g/mol. The SMILES string of the molecule is O=C(O)c1ccn(Cc2cn(C3CCC(C(=O)NC4CCCN(c5ccccc5)C4)CC3)nn2)n1. The predicted molar refractivity (Wildman–Crippen MR) is 129 cm³/mol. The third-order valence-corrected chi connectivity index (χ3v) is 7.07. The van der Waals surface area contributed by atoms with E-state index in [1.807, 2.05) is 16.9 Å². The number of aromatic carboxylic acids is 1. The van der Waals surface area contributed by atoms with Crippen LogP contribution in [-0.4, -0.2) is 60.9 Å². The zero-order valence-corrected chi connectivity index (χ0v) is 19.7. The molecular weight excluding hydrogens is 446 g/mol. The van der Waals surface area contributed by atoms with Crippen LogP contribution in [0.25, 0.3) is 0 Å². The van der Waals surface area contributed by atoms with Crippen LogP contribution in [0.4, 0.5) is 5.69 Å². The van der Waals surface area contributed by atoms with Gasteiger partial charge in [0.2, 0.25) is 5.91 Å². The fourth-order valence-corrected chi connectivity index (χ4v) is 5.18. The van der Waals surface area contributed by atoms with Crippen LogP contribution in [0, 0.1) is 5.92 Å². The average Bonchev–Trinajstić information content (AvgIpc) is 3.55. The molecule has 3 aromatic rings. The zero-order chi connectivity index (χ0) is 24.2. The molecule has 0 spiro atoms. The molecular formula is C25H31N7O3. The first-order chi connectivity index (χ1) is 17.0. The highest BCUT2D eigenvalue weighted by atomic mass is 16.4. The van der Waals surface area contributed by atoms with Gasteiger partial charge in [0, 0.05) is 36.9 Å². The molecule has 35 heavy (non-hydrogen) atoms. The lowest BCUT2D eigenvalue weighted by molar-refractivity contribution is -0.127. The molecule has 1 atom stereocenters. The van der Waals surface area contributed by atoms with E-state index in [2.05, 4.69) is 49.9 Å². The molecule has 2 aliphatic rings. The van der Waals surface area contributed by atoms with E-state index in [1.165, 1.54) is 11.8 Å². The number of carbonyl (C=O) groups excluding carboxylic acids is 1. The number of piperidine rings is 1. The third kappa shape index (κ3) is 5.52. The van der Waals surface area contributed by atoms with Crippen molar-refractivity contribution in [3.63, 3.8) is 0 Å². The Morgan fingerprint density at radius 3 is 2.60 bits per heavy atom. The minimum absolute atomic E-state index is 0.00925. The summed E-state index contributed by atoms with van der Waals surface area (Å²) in [7, 11) is 0. The van der Waals surface area contributed by atoms with Crippen LogP contribution >= 0.6 is 0 Å². The summed E-state index contributed by atoms with van der Waals surface area (Å²) in [5.74, 6) is -0.833. The summed E-state index contributed by atoms with van der Waals surface area (Å²) in [6, 6.07) is 12.3. The molecule has 2 aromatic heterocycles. The summed E-state index contributed by atoms with van der Waals surface area (Å²) < 4.78 is 3.42. The van der Waals surface area contributed by atoms with Crippen LogP contribution in [0.3, 0.4) is 0 Å². The van der Waals surface area contributed by atoms with Crippen LogP contribution in [0.5, 0.6) is 0 Å². The van der Waals surface area contributed by atoms with E-state index >= 15 is 0 Å². The Morgan fingerprint density at radius 1 is 1.06 bits per heavy atom. The summed E-state index contributed by atoms with van der Waals surface area (Å²) in [4.78, 5) is 26.4. The number of hydrogen-bond acceptors (Lipinski definition) is 6. The van der Waals surface area contributed by atoms with E-state index in [0.717, 1.165) is 57.3 Å². The number of aromatic nitrogens is 5. The molecule has 1 saturated heterocycles. The first-order valence-electron chi connectivity index (χ1n) is 12.3. The number of rotatable bonds is 7. The van der Waals surface area contributed by atoms with Crippen molar-refractivity contribution in [3.05, 3.63) is 60.2 Å². The third-order valence-electron chi connectivity index (χ3n) is 7.07. The lowest BCUT2D eigenvalue weighted by Gasteiger charge is -2.36. The van der Waals surface area contributed by atoms with Crippen LogP contribution in [0.1, 0.15) is 60.7 Å².